The first-order valence-electron chi connectivity index (χ1n) is 7.06. The van der Waals surface area contributed by atoms with Gasteiger partial charge in [-0.15, -0.1) is 0 Å². The first-order chi connectivity index (χ1) is 10.6. The van der Waals surface area contributed by atoms with E-state index in [1.807, 2.05) is 37.3 Å². The van der Waals surface area contributed by atoms with Gasteiger partial charge in [-0.3, -0.25) is 4.79 Å². The third kappa shape index (κ3) is 3.02. The van der Waals surface area contributed by atoms with Gasteiger partial charge in [0.25, 0.3) is 5.91 Å². The van der Waals surface area contributed by atoms with Crippen molar-refractivity contribution in [3.8, 4) is 11.5 Å². The number of rotatable bonds is 3. The van der Waals surface area contributed by atoms with Gasteiger partial charge in [-0.2, -0.15) is 0 Å². The van der Waals surface area contributed by atoms with Gasteiger partial charge in [-0.25, -0.2) is 0 Å². The summed E-state index contributed by atoms with van der Waals surface area (Å²) in [4.78, 5) is 14.1. The summed E-state index contributed by atoms with van der Waals surface area (Å²) >= 11 is 5.98. The van der Waals surface area contributed by atoms with Crippen LogP contribution in [0, 0.1) is 6.92 Å². The van der Waals surface area contributed by atoms with E-state index in [2.05, 4.69) is 0 Å². The quantitative estimate of drug-likeness (QED) is 0.870. The molecule has 22 heavy (non-hydrogen) atoms. The fourth-order valence-electron chi connectivity index (χ4n) is 2.36. The van der Waals surface area contributed by atoms with Crippen molar-refractivity contribution in [2.75, 3.05) is 24.7 Å². The minimum Gasteiger partial charge on any atom is -0.490 e. The minimum atomic E-state index is -0.0941. The van der Waals surface area contributed by atoms with Crippen molar-refractivity contribution in [3.63, 3.8) is 0 Å². The number of halogens is 1. The summed E-state index contributed by atoms with van der Waals surface area (Å²) in [6, 6.07) is 12.9. The molecular weight excluding hydrogens is 302 g/mol. The van der Waals surface area contributed by atoms with E-state index in [9.17, 15) is 4.79 Å². The number of carbonyl (C=O) groups excluding carboxylic acids is 1. The van der Waals surface area contributed by atoms with Gasteiger partial charge in [0.2, 0.25) is 0 Å². The minimum absolute atomic E-state index is 0.0184. The van der Waals surface area contributed by atoms with E-state index >= 15 is 0 Å². The van der Waals surface area contributed by atoms with Crippen LogP contribution >= 0.6 is 11.6 Å². The van der Waals surface area contributed by atoms with E-state index in [4.69, 9.17) is 21.1 Å². The third-order valence-corrected chi connectivity index (χ3v) is 3.95. The molecule has 0 bridgehead atoms. The average molecular weight is 318 g/mol. The summed E-state index contributed by atoms with van der Waals surface area (Å²) in [6.45, 7) is 2.90. The maximum absolute atomic E-state index is 12.4. The van der Waals surface area contributed by atoms with Crippen molar-refractivity contribution in [3.05, 3.63) is 53.1 Å². The molecule has 1 aliphatic rings. The lowest BCUT2D eigenvalue weighted by Crippen LogP contribution is -2.40. The molecule has 114 valence electrons. The summed E-state index contributed by atoms with van der Waals surface area (Å²) in [5.74, 6) is 1.27. The molecule has 5 heteroatoms. The zero-order valence-electron chi connectivity index (χ0n) is 12.2. The molecule has 3 rings (SSSR count). The second-order valence-electron chi connectivity index (χ2n) is 5.06. The van der Waals surface area contributed by atoms with E-state index in [1.165, 1.54) is 0 Å². The summed E-state index contributed by atoms with van der Waals surface area (Å²) in [5.41, 5.74) is 1.71. The normalized spacial score (nSPS) is 13.3. The number of ether oxygens (including phenoxy) is 2. The molecule has 0 saturated heterocycles. The van der Waals surface area contributed by atoms with Crippen LogP contribution in [-0.4, -0.2) is 25.7 Å². The first-order valence-corrected chi connectivity index (χ1v) is 7.44. The van der Waals surface area contributed by atoms with Crippen molar-refractivity contribution >= 4 is 23.2 Å². The Kier molecular flexibility index (Phi) is 4.20. The fourth-order valence-corrected chi connectivity index (χ4v) is 2.48. The maximum atomic E-state index is 12.4. The lowest BCUT2D eigenvalue weighted by molar-refractivity contribution is -0.120. The predicted octanol–water partition coefficient (Wildman–Crippen LogP) is 3.45. The zero-order chi connectivity index (χ0) is 15.5. The Balaban J connectivity index is 1.69. The third-order valence-electron chi connectivity index (χ3n) is 3.52. The van der Waals surface area contributed by atoms with Crippen LogP contribution in [0.25, 0.3) is 0 Å². The van der Waals surface area contributed by atoms with E-state index < -0.39 is 0 Å². The second-order valence-corrected chi connectivity index (χ2v) is 5.47. The van der Waals surface area contributed by atoms with Crippen LogP contribution in [0.15, 0.2) is 42.5 Å². The Morgan fingerprint density at radius 1 is 1.32 bits per heavy atom. The van der Waals surface area contributed by atoms with E-state index in [0.29, 0.717) is 23.9 Å². The van der Waals surface area contributed by atoms with Crippen LogP contribution in [0.2, 0.25) is 5.02 Å². The number of benzene rings is 2. The van der Waals surface area contributed by atoms with Crippen LogP contribution < -0.4 is 14.4 Å². The molecule has 1 heterocycles. The highest BCUT2D eigenvalue weighted by molar-refractivity contribution is 6.31. The number of para-hydroxylation sites is 2. The van der Waals surface area contributed by atoms with E-state index in [1.54, 1.807) is 17.0 Å². The number of carbonyl (C=O) groups is 1. The van der Waals surface area contributed by atoms with Crippen molar-refractivity contribution < 1.29 is 14.3 Å². The summed E-state index contributed by atoms with van der Waals surface area (Å²) in [7, 11) is 0. The predicted molar refractivity (Wildman–Crippen MR) is 86.0 cm³/mol. The molecular formula is C17H16ClNO3. The molecule has 0 unspecified atom stereocenters. The molecule has 0 atom stereocenters. The average Bonchev–Trinajstić information content (AvgIpc) is 2.55. The Labute approximate surface area is 134 Å². The fraction of sp³-hybridized carbons (Fsp3) is 0.235. The molecule has 0 radical (unpaired) electrons. The van der Waals surface area contributed by atoms with Gasteiger partial charge in [-0.1, -0.05) is 23.7 Å². The lowest BCUT2D eigenvalue weighted by Gasteiger charge is -2.29. The first kappa shape index (κ1) is 14.7. The van der Waals surface area contributed by atoms with Crippen LogP contribution in [0.4, 0.5) is 5.69 Å². The van der Waals surface area contributed by atoms with Gasteiger partial charge in [-0.05, 0) is 42.8 Å². The van der Waals surface area contributed by atoms with Crippen molar-refractivity contribution in [2.24, 2.45) is 0 Å². The molecule has 2 aromatic carbocycles. The molecule has 1 amide bonds. The number of fused-ring (bicyclic) bond motifs is 1. The Morgan fingerprint density at radius 2 is 2.14 bits per heavy atom. The second kappa shape index (κ2) is 6.28. The number of anilines is 1. The Hall–Kier alpha value is -2.20. The highest BCUT2D eigenvalue weighted by Gasteiger charge is 2.23. The largest absolute Gasteiger partial charge is 0.490 e. The van der Waals surface area contributed by atoms with Crippen LogP contribution in [0.5, 0.6) is 11.5 Å². The maximum Gasteiger partial charge on any atom is 0.265 e. The topological polar surface area (TPSA) is 38.8 Å². The SMILES string of the molecule is Cc1cc(OCC(=O)N2CCOc3ccccc32)ccc1Cl. The number of hydrogen-bond acceptors (Lipinski definition) is 3. The lowest BCUT2D eigenvalue weighted by atomic mass is 10.2. The van der Waals surface area contributed by atoms with Crippen LogP contribution in [-0.2, 0) is 4.79 Å². The molecule has 2 aromatic rings. The standard InChI is InChI=1S/C17H16ClNO3/c1-12-10-13(6-7-14(12)18)22-11-17(20)19-8-9-21-16-5-3-2-4-15(16)19/h2-7,10H,8-9,11H2,1H3. The van der Waals surface area contributed by atoms with Crippen LogP contribution in [0.1, 0.15) is 5.56 Å². The Morgan fingerprint density at radius 3 is 2.95 bits per heavy atom. The van der Waals surface area contributed by atoms with Crippen molar-refractivity contribution in [2.45, 2.75) is 6.92 Å². The number of amides is 1. The number of aryl methyl sites for hydroxylation is 1. The smallest absolute Gasteiger partial charge is 0.265 e. The molecule has 1 aliphatic heterocycles. The molecule has 0 saturated carbocycles. The molecule has 0 N–H and O–H groups in total. The summed E-state index contributed by atoms with van der Waals surface area (Å²) < 4.78 is 11.1. The van der Waals surface area contributed by atoms with Gasteiger partial charge < -0.3 is 14.4 Å². The van der Waals surface area contributed by atoms with E-state index in [0.717, 1.165) is 17.0 Å². The molecule has 0 aromatic heterocycles. The highest BCUT2D eigenvalue weighted by atomic mass is 35.5. The van der Waals surface area contributed by atoms with Crippen molar-refractivity contribution in [1.82, 2.24) is 0 Å². The zero-order valence-corrected chi connectivity index (χ0v) is 13.0. The van der Waals surface area contributed by atoms with E-state index in [-0.39, 0.29) is 12.5 Å². The monoisotopic (exact) mass is 317 g/mol. The molecule has 0 spiro atoms. The highest BCUT2D eigenvalue weighted by Crippen LogP contribution is 2.31. The van der Waals surface area contributed by atoms with Gasteiger partial charge in [0.1, 0.15) is 18.1 Å². The van der Waals surface area contributed by atoms with Gasteiger partial charge >= 0.3 is 0 Å². The summed E-state index contributed by atoms with van der Waals surface area (Å²) in [5, 5.41) is 0.681. The van der Waals surface area contributed by atoms with Crippen molar-refractivity contribution in [1.29, 1.82) is 0 Å². The molecule has 0 aliphatic carbocycles. The molecule has 0 fully saturated rings. The van der Waals surface area contributed by atoms with Gasteiger partial charge in [0.05, 0.1) is 12.2 Å². The number of hydrogen-bond donors (Lipinski definition) is 0. The number of nitrogens with zero attached hydrogens (tertiary/aromatic N) is 1. The van der Waals surface area contributed by atoms with Gasteiger partial charge in [0, 0.05) is 5.02 Å². The summed E-state index contributed by atoms with van der Waals surface area (Å²) in [6.07, 6.45) is 0. The van der Waals surface area contributed by atoms with Crippen LogP contribution in [0.3, 0.4) is 0 Å². The Bertz CT molecular complexity index is 702. The van der Waals surface area contributed by atoms with Gasteiger partial charge in [0.15, 0.2) is 6.61 Å². The molecule has 4 nitrogen and oxygen atoms in total.